The average Bonchev–Trinajstić information content (AvgIpc) is 2.04. The van der Waals surface area contributed by atoms with Gasteiger partial charge in [-0.05, 0) is 43.2 Å². The third kappa shape index (κ3) is 2.16. The molecular weight excluding hydrogens is 170 g/mol. The molecule has 1 aromatic carbocycles. The van der Waals surface area contributed by atoms with Crippen LogP contribution in [-0.2, 0) is 6.42 Å². The van der Waals surface area contributed by atoms with Crippen LogP contribution in [0.1, 0.15) is 43.2 Å². The number of hydrogen-bond donors (Lipinski definition) is 1. The van der Waals surface area contributed by atoms with E-state index in [1.807, 2.05) is 0 Å². The standard InChI is InChI=1S/C13H19N/c1-10(14)9-11-5-7-13(8-6-11)12-3-2-4-12/h5-8,10,12H,2-4,9,14H2,1H3. The van der Waals surface area contributed by atoms with Crippen molar-refractivity contribution in [2.75, 3.05) is 0 Å². The zero-order chi connectivity index (χ0) is 9.97. The van der Waals surface area contributed by atoms with Gasteiger partial charge in [0.15, 0.2) is 0 Å². The van der Waals surface area contributed by atoms with Crippen LogP contribution in [0.4, 0.5) is 0 Å². The van der Waals surface area contributed by atoms with E-state index in [1.54, 1.807) is 0 Å². The molecule has 0 aliphatic heterocycles. The number of nitrogens with two attached hydrogens (primary N) is 1. The Labute approximate surface area is 86.3 Å². The Bertz CT molecular complexity index is 283. The molecule has 1 aromatic rings. The third-order valence-electron chi connectivity index (χ3n) is 3.11. The van der Waals surface area contributed by atoms with E-state index in [4.69, 9.17) is 5.73 Å². The maximum absolute atomic E-state index is 5.76. The van der Waals surface area contributed by atoms with Crippen molar-refractivity contribution in [3.63, 3.8) is 0 Å². The van der Waals surface area contributed by atoms with Gasteiger partial charge in [0.05, 0.1) is 0 Å². The van der Waals surface area contributed by atoms with Crippen molar-refractivity contribution in [3.8, 4) is 0 Å². The number of hydrogen-bond acceptors (Lipinski definition) is 1. The van der Waals surface area contributed by atoms with Gasteiger partial charge in [-0.25, -0.2) is 0 Å². The van der Waals surface area contributed by atoms with Crippen LogP contribution in [0.2, 0.25) is 0 Å². The minimum absolute atomic E-state index is 0.268. The molecule has 1 nitrogen and oxygen atoms in total. The lowest BCUT2D eigenvalue weighted by molar-refractivity contribution is 0.419. The van der Waals surface area contributed by atoms with Crippen LogP contribution in [0.3, 0.4) is 0 Å². The van der Waals surface area contributed by atoms with Crippen LogP contribution < -0.4 is 5.73 Å². The van der Waals surface area contributed by atoms with Crippen LogP contribution in [-0.4, -0.2) is 6.04 Å². The largest absolute Gasteiger partial charge is 0.328 e. The molecule has 14 heavy (non-hydrogen) atoms. The van der Waals surface area contributed by atoms with Gasteiger partial charge < -0.3 is 5.73 Å². The van der Waals surface area contributed by atoms with Gasteiger partial charge >= 0.3 is 0 Å². The summed E-state index contributed by atoms with van der Waals surface area (Å²) in [5.74, 6) is 0.847. The fourth-order valence-corrected chi connectivity index (χ4v) is 2.04. The molecule has 1 saturated carbocycles. The Morgan fingerprint density at radius 2 is 1.93 bits per heavy atom. The summed E-state index contributed by atoms with van der Waals surface area (Å²) in [5.41, 5.74) is 8.64. The lowest BCUT2D eigenvalue weighted by Crippen LogP contribution is -2.17. The van der Waals surface area contributed by atoms with Gasteiger partial charge in [0, 0.05) is 6.04 Å². The van der Waals surface area contributed by atoms with Gasteiger partial charge in [0.2, 0.25) is 0 Å². The van der Waals surface area contributed by atoms with Crippen molar-refractivity contribution in [1.29, 1.82) is 0 Å². The summed E-state index contributed by atoms with van der Waals surface area (Å²) in [6, 6.07) is 9.29. The normalized spacial score (nSPS) is 19.0. The van der Waals surface area contributed by atoms with Crippen molar-refractivity contribution >= 4 is 0 Å². The molecule has 1 aliphatic carbocycles. The van der Waals surface area contributed by atoms with E-state index in [0.717, 1.165) is 12.3 Å². The van der Waals surface area contributed by atoms with E-state index in [2.05, 4.69) is 31.2 Å². The molecule has 1 atom stereocenters. The lowest BCUT2D eigenvalue weighted by atomic mass is 9.80. The van der Waals surface area contributed by atoms with Crippen molar-refractivity contribution in [2.24, 2.45) is 5.73 Å². The summed E-state index contributed by atoms with van der Waals surface area (Å²) in [5, 5.41) is 0. The van der Waals surface area contributed by atoms with Crippen LogP contribution >= 0.6 is 0 Å². The minimum Gasteiger partial charge on any atom is -0.328 e. The highest BCUT2D eigenvalue weighted by Crippen LogP contribution is 2.36. The van der Waals surface area contributed by atoms with Gasteiger partial charge in [0.25, 0.3) is 0 Å². The SMILES string of the molecule is CC(N)Cc1ccc(C2CCC2)cc1. The maximum Gasteiger partial charge on any atom is 0.00509 e. The monoisotopic (exact) mass is 189 g/mol. The molecule has 1 heteroatoms. The second-order valence-electron chi connectivity index (χ2n) is 4.55. The quantitative estimate of drug-likeness (QED) is 0.777. The first kappa shape index (κ1) is 9.72. The maximum atomic E-state index is 5.76. The first-order chi connectivity index (χ1) is 6.75. The van der Waals surface area contributed by atoms with Crippen LogP contribution in [0.15, 0.2) is 24.3 Å². The first-order valence-corrected chi connectivity index (χ1v) is 5.60. The van der Waals surface area contributed by atoms with E-state index < -0.39 is 0 Å². The number of benzene rings is 1. The van der Waals surface area contributed by atoms with E-state index in [1.165, 1.54) is 30.4 Å². The van der Waals surface area contributed by atoms with Crippen molar-refractivity contribution < 1.29 is 0 Å². The van der Waals surface area contributed by atoms with Gasteiger partial charge in [-0.3, -0.25) is 0 Å². The molecule has 0 spiro atoms. The zero-order valence-corrected chi connectivity index (χ0v) is 8.87. The molecule has 0 heterocycles. The molecule has 0 amide bonds. The van der Waals surface area contributed by atoms with Crippen molar-refractivity contribution in [3.05, 3.63) is 35.4 Å². The summed E-state index contributed by atoms with van der Waals surface area (Å²) in [4.78, 5) is 0. The molecule has 76 valence electrons. The molecule has 2 rings (SSSR count). The van der Waals surface area contributed by atoms with Gasteiger partial charge in [-0.1, -0.05) is 30.7 Å². The van der Waals surface area contributed by atoms with Gasteiger partial charge in [-0.15, -0.1) is 0 Å². The highest BCUT2D eigenvalue weighted by Gasteiger charge is 2.18. The Hall–Kier alpha value is -0.820. The fourth-order valence-electron chi connectivity index (χ4n) is 2.04. The molecule has 1 aliphatic rings. The zero-order valence-electron chi connectivity index (χ0n) is 8.87. The average molecular weight is 189 g/mol. The molecule has 0 saturated heterocycles. The Balaban J connectivity index is 2.02. The highest BCUT2D eigenvalue weighted by molar-refractivity contribution is 5.27. The smallest absolute Gasteiger partial charge is 0.00509 e. The Kier molecular flexibility index (Phi) is 2.87. The summed E-state index contributed by atoms with van der Waals surface area (Å²) in [6.07, 6.45) is 5.16. The molecule has 1 unspecified atom stereocenters. The van der Waals surface area contributed by atoms with E-state index >= 15 is 0 Å². The molecular formula is C13H19N. The molecule has 2 N–H and O–H groups in total. The van der Waals surface area contributed by atoms with Crippen LogP contribution in [0, 0.1) is 0 Å². The fraction of sp³-hybridized carbons (Fsp3) is 0.538. The van der Waals surface area contributed by atoms with E-state index in [-0.39, 0.29) is 6.04 Å². The summed E-state index contributed by atoms with van der Waals surface area (Å²) in [6.45, 7) is 2.06. The minimum atomic E-state index is 0.268. The second kappa shape index (κ2) is 4.14. The molecule has 0 bridgehead atoms. The number of rotatable bonds is 3. The van der Waals surface area contributed by atoms with E-state index in [9.17, 15) is 0 Å². The predicted molar refractivity (Wildman–Crippen MR) is 60.4 cm³/mol. The molecule has 1 fully saturated rings. The Morgan fingerprint density at radius 3 is 2.36 bits per heavy atom. The highest BCUT2D eigenvalue weighted by atomic mass is 14.6. The summed E-state index contributed by atoms with van der Waals surface area (Å²) < 4.78 is 0. The first-order valence-electron chi connectivity index (χ1n) is 5.60. The molecule has 0 radical (unpaired) electrons. The topological polar surface area (TPSA) is 26.0 Å². The lowest BCUT2D eigenvalue weighted by Gasteiger charge is -2.25. The van der Waals surface area contributed by atoms with E-state index in [0.29, 0.717) is 0 Å². The third-order valence-corrected chi connectivity index (χ3v) is 3.11. The van der Waals surface area contributed by atoms with Crippen molar-refractivity contribution in [2.45, 2.75) is 44.6 Å². The molecule has 0 aromatic heterocycles. The summed E-state index contributed by atoms with van der Waals surface area (Å²) >= 11 is 0. The van der Waals surface area contributed by atoms with Gasteiger partial charge in [0.1, 0.15) is 0 Å². The van der Waals surface area contributed by atoms with Crippen LogP contribution in [0.25, 0.3) is 0 Å². The Morgan fingerprint density at radius 1 is 1.29 bits per heavy atom. The van der Waals surface area contributed by atoms with Gasteiger partial charge in [-0.2, -0.15) is 0 Å². The predicted octanol–water partition coefficient (Wildman–Crippen LogP) is 2.84. The van der Waals surface area contributed by atoms with Crippen molar-refractivity contribution in [1.82, 2.24) is 0 Å². The van der Waals surface area contributed by atoms with Crippen LogP contribution in [0.5, 0.6) is 0 Å². The summed E-state index contributed by atoms with van der Waals surface area (Å²) in [7, 11) is 0. The second-order valence-corrected chi connectivity index (χ2v) is 4.55.